The Kier molecular flexibility index (Phi) is 1.97. The molecule has 1 aromatic rings. The first-order valence-corrected chi connectivity index (χ1v) is 5.41. The number of benzene rings is 1. The van der Waals surface area contributed by atoms with E-state index in [1.54, 1.807) is 0 Å². The Balaban J connectivity index is 1.78. The second-order valence-electron chi connectivity index (χ2n) is 4.42. The van der Waals surface area contributed by atoms with E-state index in [2.05, 4.69) is 6.07 Å². The van der Waals surface area contributed by atoms with Crippen molar-refractivity contribution in [1.82, 2.24) is 0 Å². The minimum absolute atomic E-state index is 0.124. The zero-order chi connectivity index (χ0) is 10.3. The Labute approximate surface area is 89.2 Å². The van der Waals surface area contributed by atoms with Gasteiger partial charge in [-0.15, -0.1) is 0 Å². The molecule has 2 aliphatic rings. The number of epoxide rings is 1. The molecule has 0 unspecified atom stereocenters. The van der Waals surface area contributed by atoms with Gasteiger partial charge in [-0.1, -0.05) is 18.2 Å². The second-order valence-corrected chi connectivity index (χ2v) is 4.42. The van der Waals surface area contributed by atoms with Gasteiger partial charge < -0.3 is 15.2 Å². The summed E-state index contributed by atoms with van der Waals surface area (Å²) in [6.07, 6.45) is 2.42. The summed E-state index contributed by atoms with van der Waals surface area (Å²) in [6, 6.07) is 8.06. The van der Waals surface area contributed by atoms with Crippen molar-refractivity contribution in [2.45, 2.75) is 24.5 Å². The summed E-state index contributed by atoms with van der Waals surface area (Å²) in [4.78, 5) is 0. The molecule has 15 heavy (non-hydrogen) atoms. The zero-order valence-corrected chi connectivity index (χ0v) is 8.61. The van der Waals surface area contributed by atoms with Crippen LogP contribution in [-0.4, -0.2) is 19.3 Å². The molecule has 1 aromatic carbocycles. The number of para-hydroxylation sites is 1. The second kappa shape index (κ2) is 3.22. The molecule has 1 saturated carbocycles. The molecular weight excluding hydrogens is 190 g/mol. The highest BCUT2D eigenvalue weighted by atomic mass is 16.6. The van der Waals surface area contributed by atoms with Crippen LogP contribution in [0.5, 0.6) is 5.75 Å². The molecule has 0 bridgehead atoms. The van der Waals surface area contributed by atoms with E-state index in [1.165, 1.54) is 0 Å². The average Bonchev–Trinajstić information content (AvgIpc) is 3.13. The number of rotatable bonds is 4. The maximum absolute atomic E-state index is 6.18. The summed E-state index contributed by atoms with van der Waals surface area (Å²) in [6.45, 7) is 1.48. The molecule has 80 valence electrons. The topological polar surface area (TPSA) is 47.8 Å². The summed E-state index contributed by atoms with van der Waals surface area (Å²) in [5.41, 5.74) is 7.20. The van der Waals surface area contributed by atoms with E-state index < -0.39 is 0 Å². The minimum Gasteiger partial charge on any atom is -0.490 e. The van der Waals surface area contributed by atoms with Gasteiger partial charge >= 0.3 is 0 Å². The first-order valence-electron chi connectivity index (χ1n) is 5.41. The molecule has 0 amide bonds. The normalized spacial score (nSPS) is 26.1. The quantitative estimate of drug-likeness (QED) is 0.756. The van der Waals surface area contributed by atoms with Crippen molar-refractivity contribution >= 4 is 0 Å². The number of ether oxygens (including phenoxy) is 2. The standard InChI is InChI=1S/C12H15NO2/c13-12(5-6-12)10-3-1-2-4-11(10)15-8-9-7-14-9/h1-4,9H,5-8,13H2/t9-/m0/s1. The van der Waals surface area contributed by atoms with Crippen LogP contribution in [0.3, 0.4) is 0 Å². The third-order valence-corrected chi connectivity index (χ3v) is 3.04. The van der Waals surface area contributed by atoms with E-state index in [4.69, 9.17) is 15.2 Å². The van der Waals surface area contributed by atoms with Crippen LogP contribution in [-0.2, 0) is 10.3 Å². The molecular formula is C12H15NO2. The lowest BCUT2D eigenvalue weighted by atomic mass is 10.0. The Morgan fingerprint density at radius 1 is 1.40 bits per heavy atom. The molecule has 1 saturated heterocycles. The fourth-order valence-electron chi connectivity index (χ4n) is 1.75. The predicted molar refractivity (Wildman–Crippen MR) is 56.8 cm³/mol. The fraction of sp³-hybridized carbons (Fsp3) is 0.500. The maximum atomic E-state index is 6.18. The van der Waals surface area contributed by atoms with Gasteiger partial charge in [0.15, 0.2) is 0 Å². The van der Waals surface area contributed by atoms with E-state index in [1.807, 2.05) is 18.2 Å². The monoisotopic (exact) mass is 205 g/mol. The lowest BCUT2D eigenvalue weighted by Gasteiger charge is -2.15. The molecule has 0 radical (unpaired) electrons. The Morgan fingerprint density at radius 2 is 2.13 bits per heavy atom. The SMILES string of the molecule is NC1(c2ccccc2OC[C@@H]2CO2)CC1. The molecule has 1 heterocycles. The molecule has 0 aromatic heterocycles. The Morgan fingerprint density at radius 3 is 2.80 bits per heavy atom. The van der Waals surface area contributed by atoms with Crippen LogP contribution in [0.25, 0.3) is 0 Å². The van der Waals surface area contributed by atoms with Crippen LogP contribution >= 0.6 is 0 Å². The van der Waals surface area contributed by atoms with Gasteiger partial charge in [-0.05, 0) is 18.9 Å². The van der Waals surface area contributed by atoms with E-state index in [0.717, 1.165) is 30.8 Å². The highest BCUT2D eigenvalue weighted by Gasteiger charge is 2.42. The first-order chi connectivity index (χ1) is 7.28. The average molecular weight is 205 g/mol. The Bertz CT molecular complexity index is 370. The van der Waals surface area contributed by atoms with Crippen LogP contribution in [0.2, 0.25) is 0 Å². The summed E-state index contributed by atoms with van der Waals surface area (Å²) < 4.78 is 10.8. The summed E-state index contributed by atoms with van der Waals surface area (Å²) >= 11 is 0. The van der Waals surface area contributed by atoms with Crippen molar-refractivity contribution < 1.29 is 9.47 Å². The molecule has 2 N–H and O–H groups in total. The van der Waals surface area contributed by atoms with E-state index >= 15 is 0 Å². The van der Waals surface area contributed by atoms with Crippen LogP contribution in [0.15, 0.2) is 24.3 Å². The third kappa shape index (κ3) is 1.85. The van der Waals surface area contributed by atoms with Gasteiger partial charge in [-0.25, -0.2) is 0 Å². The summed E-state index contributed by atoms with van der Waals surface area (Å²) in [7, 11) is 0. The summed E-state index contributed by atoms with van der Waals surface area (Å²) in [5.74, 6) is 0.924. The number of nitrogens with two attached hydrogens (primary N) is 1. The van der Waals surface area contributed by atoms with Crippen molar-refractivity contribution in [3.63, 3.8) is 0 Å². The smallest absolute Gasteiger partial charge is 0.124 e. The summed E-state index contributed by atoms with van der Waals surface area (Å²) in [5, 5.41) is 0. The van der Waals surface area contributed by atoms with Crippen molar-refractivity contribution in [1.29, 1.82) is 0 Å². The highest BCUT2D eigenvalue weighted by Crippen LogP contribution is 2.46. The largest absolute Gasteiger partial charge is 0.490 e. The van der Waals surface area contributed by atoms with Crippen LogP contribution in [0, 0.1) is 0 Å². The van der Waals surface area contributed by atoms with Gasteiger partial charge in [0.05, 0.1) is 6.61 Å². The first kappa shape index (κ1) is 9.19. The molecule has 3 rings (SSSR count). The van der Waals surface area contributed by atoms with Gasteiger partial charge in [0.1, 0.15) is 18.5 Å². The van der Waals surface area contributed by atoms with Gasteiger partial charge in [0, 0.05) is 11.1 Å². The maximum Gasteiger partial charge on any atom is 0.124 e. The van der Waals surface area contributed by atoms with Gasteiger partial charge in [0.25, 0.3) is 0 Å². The van der Waals surface area contributed by atoms with Crippen molar-refractivity contribution in [3.8, 4) is 5.75 Å². The number of hydrogen-bond acceptors (Lipinski definition) is 3. The fourth-order valence-corrected chi connectivity index (χ4v) is 1.75. The zero-order valence-electron chi connectivity index (χ0n) is 8.61. The lowest BCUT2D eigenvalue weighted by molar-refractivity contribution is 0.259. The van der Waals surface area contributed by atoms with E-state index in [-0.39, 0.29) is 5.54 Å². The van der Waals surface area contributed by atoms with Crippen molar-refractivity contribution in [2.24, 2.45) is 5.73 Å². The van der Waals surface area contributed by atoms with Gasteiger partial charge in [-0.2, -0.15) is 0 Å². The third-order valence-electron chi connectivity index (χ3n) is 3.04. The molecule has 1 atom stereocenters. The van der Waals surface area contributed by atoms with Gasteiger partial charge in [-0.3, -0.25) is 0 Å². The number of hydrogen-bond donors (Lipinski definition) is 1. The van der Waals surface area contributed by atoms with Crippen molar-refractivity contribution in [2.75, 3.05) is 13.2 Å². The van der Waals surface area contributed by atoms with Crippen LogP contribution in [0.4, 0.5) is 0 Å². The molecule has 1 aliphatic heterocycles. The van der Waals surface area contributed by atoms with Crippen LogP contribution in [0.1, 0.15) is 18.4 Å². The molecule has 1 aliphatic carbocycles. The van der Waals surface area contributed by atoms with E-state index in [0.29, 0.717) is 12.7 Å². The molecule has 2 fully saturated rings. The molecule has 3 heteroatoms. The minimum atomic E-state index is -0.124. The highest BCUT2D eigenvalue weighted by molar-refractivity contribution is 5.42. The predicted octanol–water partition coefficient (Wildman–Crippen LogP) is 1.41. The van der Waals surface area contributed by atoms with Crippen molar-refractivity contribution in [3.05, 3.63) is 29.8 Å². The Hall–Kier alpha value is -1.06. The lowest BCUT2D eigenvalue weighted by Crippen LogP contribution is -2.20. The molecule has 3 nitrogen and oxygen atoms in total. The van der Waals surface area contributed by atoms with Gasteiger partial charge in [0.2, 0.25) is 0 Å². The van der Waals surface area contributed by atoms with Crippen LogP contribution < -0.4 is 10.5 Å². The molecule has 0 spiro atoms. The van der Waals surface area contributed by atoms with E-state index in [9.17, 15) is 0 Å².